The van der Waals surface area contributed by atoms with Gasteiger partial charge in [-0.15, -0.1) is 0 Å². The molecule has 2 aromatic rings. The van der Waals surface area contributed by atoms with Crippen LogP contribution in [0.25, 0.3) is 0 Å². The van der Waals surface area contributed by atoms with E-state index in [1.54, 1.807) is 35.2 Å². The zero-order valence-corrected chi connectivity index (χ0v) is 13.3. The normalized spacial score (nSPS) is 15.3. The van der Waals surface area contributed by atoms with E-state index < -0.39 is 0 Å². The lowest BCUT2D eigenvalue weighted by Crippen LogP contribution is -2.39. The molecule has 1 aliphatic rings. The van der Waals surface area contributed by atoms with Gasteiger partial charge in [-0.3, -0.25) is 9.59 Å². The van der Waals surface area contributed by atoms with Crippen LogP contribution in [0.5, 0.6) is 0 Å². The van der Waals surface area contributed by atoms with Crippen LogP contribution < -0.4 is 5.32 Å². The molecule has 2 heterocycles. The number of carbonyl (C=O) groups excluding carboxylic acids is 2. The first-order chi connectivity index (χ1) is 11.7. The largest absolute Gasteiger partial charge is 0.472 e. The summed E-state index contributed by atoms with van der Waals surface area (Å²) in [4.78, 5) is 26.4. The van der Waals surface area contributed by atoms with Gasteiger partial charge in [-0.25, -0.2) is 0 Å². The Hall–Kier alpha value is -2.60. The van der Waals surface area contributed by atoms with Crippen LogP contribution >= 0.6 is 0 Å². The number of benzene rings is 1. The average molecular weight is 328 g/mol. The fourth-order valence-electron chi connectivity index (χ4n) is 2.83. The fourth-order valence-corrected chi connectivity index (χ4v) is 2.83. The zero-order valence-electron chi connectivity index (χ0n) is 13.3. The van der Waals surface area contributed by atoms with Gasteiger partial charge in [0.25, 0.3) is 11.8 Å². The molecule has 1 aromatic carbocycles. The van der Waals surface area contributed by atoms with Crippen LogP contribution in [-0.4, -0.2) is 41.5 Å². The van der Waals surface area contributed by atoms with E-state index in [0.717, 1.165) is 12.8 Å². The van der Waals surface area contributed by atoms with Crippen LogP contribution in [0.15, 0.2) is 47.3 Å². The van der Waals surface area contributed by atoms with Gasteiger partial charge < -0.3 is 19.7 Å². The zero-order chi connectivity index (χ0) is 16.9. The Bertz CT molecular complexity index is 704. The molecule has 0 radical (unpaired) electrons. The number of likely N-dealkylation sites (tertiary alicyclic amines) is 1. The topological polar surface area (TPSA) is 82.8 Å². The molecule has 24 heavy (non-hydrogen) atoms. The Morgan fingerprint density at radius 3 is 2.67 bits per heavy atom. The minimum Gasteiger partial charge on any atom is -0.472 e. The molecule has 1 aliphatic heterocycles. The van der Waals surface area contributed by atoms with Crippen molar-refractivity contribution in [3.63, 3.8) is 0 Å². The lowest BCUT2D eigenvalue weighted by Gasteiger charge is -2.31. The molecule has 6 heteroatoms. The van der Waals surface area contributed by atoms with Crippen LogP contribution in [-0.2, 0) is 0 Å². The summed E-state index contributed by atoms with van der Waals surface area (Å²) < 4.78 is 4.89. The molecule has 2 N–H and O–H groups in total. The number of piperidine rings is 1. The number of nitrogens with one attached hydrogen (secondary N) is 1. The smallest absolute Gasteiger partial charge is 0.258 e. The van der Waals surface area contributed by atoms with E-state index in [1.807, 2.05) is 0 Å². The minimum absolute atomic E-state index is 0.0502. The highest BCUT2D eigenvalue weighted by Crippen LogP contribution is 2.20. The maximum absolute atomic E-state index is 12.6. The summed E-state index contributed by atoms with van der Waals surface area (Å²) in [6, 6.07) is 8.49. The van der Waals surface area contributed by atoms with E-state index in [1.165, 1.54) is 12.5 Å². The van der Waals surface area contributed by atoms with Crippen molar-refractivity contribution in [1.82, 2.24) is 4.90 Å². The van der Waals surface area contributed by atoms with E-state index in [9.17, 15) is 14.7 Å². The van der Waals surface area contributed by atoms with Crippen molar-refractivity contribution in [3.8, 4) is 0 Å². The summed E-state index contributed by atoms with van der Waals surface area (Å²) in [7, 11) is 0. The average Bonchev–Trinajstić information content (AvgIpc) is 3.16. The maximum atomic E-state index is 12.6. The second kappa shape index (κ2) is 7.31. The maximum Gasteiger partial charge on any atom is 0.258 e. The summed E-state index contributed by atoms with van der Waals surface area (Å²) in [5, 5.41) is 11.9. The van der Waals surface area contributed by atoms with Gasteiger partial charge in [0.2, 0.25) is 0 Å². The SMILES string of the molecule is O=C(Nc1cccc(C(=O)N2CCC(CO)CC2)c1)c1ccoc1. The first-order valence-corrected chi connectivity index (χ1v) is 8.01. The molecule has 6 nitrogen and oxygen atoms in total. The van der Waals surface area contributed by atoms with E-state index in [2.05, 4.69) is 5.32 Å². The molecule has 0 spiro atoms. The molecular weight excluding hydrogens is 308 g/mol. The Morgan fingerprint density at radius 2 is 2.00 bits per heavy atom. The van der Waals surface area contributed by atoms with Gasteiger partial charge in [0, 0.05) is 30.9 Å². The summed E-state index contributed by atoms with van der Waals surface area (Å²) in [5.74, 6) is -0.0439. The first-order valence-electron chi connectivity index (χ1n) is 8.01. The Balaban J connectivity index is 1.66. The highest BCUT2D eigenvalue weighted by atomic mass is 16.3. The molecule has 0 saturated carbocycles. The third kappa shape index (κ3) is 3.65. The quantitative estimate of drug-likeness (QED) is 0.903. The number of anilines is 1. The van der Waals surface area contributed by atoms with Crippen molar-refractivity contribution in [2.24, 2.45) is 5.92 Å². The number of furan rings is 1. The van der Waals surface area contributed by atoms with Crippen LogP contribution in [0.4, 0.5) is 5.69 Å². The van der Waals surface area contributed by atoms with Crippen LogP contribution in [0.2, 0.25) is 0 Å². The molecule has 1 fully saturated rings. The van der Waals surface area contributed by atoms with E-state index >= 15 is 0 Å². The number of aliphatic hydroxyl groups is 1. The van der Waals surface area contributed by atoms with Crippen LogP contribution in [0.1, 0.15) is 33.6 Å². The molecule has 0 bridgehead atoms. The Morgan fingerprint density at radius 1 is 1.21 bits per heavy atom. The molecule has 1 aromatic heterocycles. The monoisotopic (exact) mass is 328 g/mol. The highest BCUT2D eigenvalue weighted by Gasteiger charge is 2.23. The molecule has 2 amide bonds. The fraction of sp³-hybridized carbons (Fsp3) is 0.333. The van der Waals surface area contributed by atoms with Gasteiger partial charge in [-0.2, -0.15) is 0 Å². The second-order valence-corrected chi connectivity index (χ2v) is 5.97. The van der Waals surface area contributed by atoms with Crippen molar-refractivity contribution < 1.29 is 19.1 Å². The highest BCUT2D eigenvalue weighted by molar-refractivity contribution is 6.04. The van der Waals surface area contributed by atoms with E-state index in [0.29, 0.717) is 29.9 Å². The lowest BCUT2D eigenvalue weighted by atomic mass is 9.97. The van der Waals surface area contributed by atoms with Crippen molar-refractivity contribution in [3.05, 3.63) is 54.0 Å². The predicted octanol–water partition coefficient (Wildman–Crippen LogP) is 2.38. The van der Waals surface area contributed by atoms with Crippen molar-refractivity contribution in [2.75, 3.05) is 25.0 Å². The van der Waals surface area contributed by atoms with Gasteiger partial charge in [-0.1, -0.05) is 6.07 Å². The van der Waals surface area contributed by atoms with Gasteiger partial charge in [-0.05, 0) is 43.0 Å². The summed E-state index contributed by atoms with van der Waals surface area (Å²) in [6.07, 6.45) is 4.44. The number of hydrogen-bond acceptors (Lipinski definition) is 4. The third-order valence-electron chi connectivity index (χ3n) is 4.31. The molecule has 0 atom stereocenters. The lowest BCUT2D eigenvalue weighted by molar-refractivity contribution is 0.0650. The molecule has 1 saturated heterocycles. The van der Waals surface area contributed by atoms with E-state index in [4.69, 9.17) is 4.42 Å². The van der Waals surface area contributed by atoms with Crippen LogP contribution in [0.3, 0.4) is 0 Å². The number of rotatable bonds is 4. The summed E-state index contributed by atoms with van der Waals surface area (Å²) >= 11 is 0. The van der Waals surface area contributed by atoms with Gasteiger partial charge in [0.1, 0.15) is 6.26 Å². The number of amides is 2. The predicted molar refractivity (Wildman–Crippen MR) is 88.8 cm³/mol. The van der Waals surface area contributed by atoms with E-state index in [-0.39, 0.29) is 24.3 Å². The Labute approximate surface area is 140 Å². The first kappa shape index (κ1) is 16.3. The molecule has 126 valence electrons. The molecule has 3 rings (SSSR count). The van der Waals surface area contributed by atoms with Gasteiger partial charge in [0.15, 0.2) is 0 Å². The second-order valence-electron chi connectivity index (χ2n) is 5.97. The minimum atomic E-state index is -0.280. The molecule has 0 aliphatic carbocycles. The Kier molecular flexibility index (Phi) is 4.96. The summed E-state index contributed by atoms with van der Waals surface area (Å²) in [6.45, 7) is 1.48. The number of nitrogens with zero attached hydrogens (tertiary/aromatic N) is 1. The molecule has 0 unspecified atom stereocenters. The van der Waals surface area contributed by atoms with Crippen molar-refractivity contribution in [1.29, 1.82) is 0 Å². The van der Waals surface area contributed by atoms with Gasteiger partial charge >= 0.3 is 0 Å². The van der Waals surface area contributed by atoms with Gasteiger partial charge in [0.05, 0.1) is 11.8 Å². The number of carbonyl (C=O) groups is 2. The number of aliphatic hydroxyl groups excluding tert-OH is 1. The standard InChI is InChI=1S/C18H20N2O4/c21-11-13-4-7-20(8-5-13)18(23)14-2-1-3-16(10-14)19-17(22)15-6-9-24-12-15/h1-3,6,9-10,12-13,21H,4-5,7-8,11H2,(H,19,22). The molecular formula is C18H20N2O4. The summed E-state index contributed by atoms with van der Waals surface area (Å²) in [5.41, 5.74) is 1.54. The number of hydrogen-bond donors (Lipinski definition) is 2. The van der Waals surface area contributed by atoms with Crippen molar-refractivity contribution in [2.45, 2.75) is 12.8 Å². The third-order valence-corrected chi connectivity index (χ3v) is 4.31. The van der Waals surface area contributed by atoms with Crippen molar-refractivity contribution >= 4 is 17.5 Å². The van der Waals surface area contributed by atoms with Crippen LogP contribution in [0, 0.1) is 5.92 Å².